The summed E-state index contributed by atoms with van der Waals surface area (Å²) in [6.07, 6.45) is -3.88. The van der Waals surface area contributed by atoms with E-state index in [4.69, 9.17) is 17.3 Å². The molecular formula is C12H6ClF5N2. The second-order valence-electron chi connectivity index (χ2n) is 3.90. The maximum atomic E-state index is 13.7. The van der Waals surface area contributed by atoms with Crippen LogP contribution >= 0.6 is 11.6 Å². The van der Waals surface area contributed by atoms with Crippen LogP contribution in [0.3, 0.4) is 0 Å². The largest absolute Gasteiger partial charge is 0.419 e. The first-order valence-corrected chi connectivity index (χ1v) is 5.55. The first kappa shape index (κ1) is 14.5. The van der Waals surface area contributed by atoms with E-state index in [0.717, 1.165) is 12.3 Å². The lowest BCUT2D eigenvalue weighted by molar-refractivity contribution is -0.140. The minimum absolute atomic E-state index is 0.0522. The average molecular weight is 309 g/mol. The van der Waals surface area contributed by atoms with E-state index in [-0.39, 0.29) is 22.5 Å². The van der Waals surface area contributed by atoms with Gasteiger partial charge in [-0.25, -0.2) is 8.78 Å². The third-order valence-corrected chi connectivity index (χ3v) is 2.84. The summed E-state index contributed by atoms with van der Waals surface area (Å²) in [5.74, 6) is -2.85. The van der Waals surface area contributed by atoms with Crippen LogP contribution in [0.1, 0.15) is 5.56 Å². The summed E-state index contributed by atoms with van der Waals surface area (Å²) in [6.45, 7) is 0. The number of anilines is 1. The van der Waals surface area contributed by atoms with Crippen LogP contribution in [0, 0.1) is 11.6 Å². The number of nitrogens with two attached hydrogens (primary N) is 1. The summed E-state index contributed by atoms with van der Waals surface area (Å²) < 4.78 is 64.4. The van der Waals surface area contributed by atoms with Gasteiger partial charge in [-0.3, -0.25) is 4.98 Å². The molecule has 2 rings (SSSR count). The Morgan fingerprint density at radius 3 is 2.25 bits per heavy atom. The fraction of sp³-hybridized carbons (Fsp3) is 0.0833. The number of benzene rings is 1. The molecule has 2 aromatic rings. The van der Waals surface area contributed by atoms with Crippen molar-refractivity contribution in [2.75, 3.05) is 5.73 Å². The monoisotopic (exact) mass is 308 g/mol. The molecule has 106 valence electrons. The Labute approximate surface area is 115 Å². The van der Waals surface area contributed by atoms with Crippen molar-refractivity contribution in [2.45, 2.75) is 6.18 Å². The van der Waals surface area contributed by atoms with Gasteiger partial charge in [0, 0.05) is 11.8 Å². The Balaban J connectivity index is 2.59. The Morgan fingerprint density at radius 2 is 1.70 bits per heavy atom. The topological polar surface area (TPSA) is 38.9 Å². The predicted molar refractivity (Wildman–Crippen MR) is 64.0 cm³/mol. The summed E-state index contributed by atoms with van der Waals surface area (Å²) in [4.78, 5) is 3.70. The summed E-state index contributed by atoms with van der Waals surface area (Å²) in [5, 5.41) is 0.0986. The van der Waals surface area contributed by atoms with Crippen LogP contribution in [-0.2, 0) is 6.18 Å². The van der Waals surface area contributed by atoms with E-state index in [1.807, 2.05) is 0 Å². The van der Waals surface area contributed by atoms with Crippen molar-refractivity contribution in [2.24, 2.45) is 0 Å². The molecule has 2 nitrogen and oxygen atoms in total. The molecule has 0 spiro atoms. The number of rotatable bonds is 1. The summed E-state index contributed by atoms with van der Waals surface area (Å²) in [6, 6.07) is 1.65. The smallest absolute Gasteiger partial charge is 0.397 e. The van der Waals surface area contributed by atoms with Gasteiger partial charge in [0.15, 0.2) is 0 Å². The normalized spacial score (nSPS) is 11.7. The van der Waals surface area contributed by atoms with Gasteiger partial charge in [0.05, 0.1) is 22.0 Å². The van der Waals surface area contributed by atoms with Crippen LogP contribution in [-0.4, -0.2) is 4.98 Å². The molecular weight excluding hydrogens is 303 g/mol. The number of pyridine rings is 1. The summed E-state index contributed by atoms with van der Waals surface area (Å²) in [7, 11) is 0. The molecule has 8 heteroatoms. The van der Waals surface area contributed by atoms with Crippen molar-refractivity contribution in [1.29, 1.82) is 0 Å². The molecule has 2 N–H and O–H groups in total. The maximum absolute atomic E-state index is 13.7. The minimum atomic E-state index is -4.98. The van der Waals surface area contributed by atoms with E-state index in [1.54, 1.807) is 0 Å². The third-order valence-electron chi connectivity index (χ3n) is 2.52. The number of nitrogen functional groups attached to an aromatic ring is 1. The zero-order valence-electron chi connectivity index (χ0n) is 9.60. The molecule has 0 unspecified atom stereocenters. The molecule has 0 aliphatic rings. The van der Waals surface area contributed by atoms with E-state index < -0.39 is 28.9 Å². The highest BCUT2D eigenvalue weighted by molar-refractivity contribution is 6.32. The third kappa shape index (κ3) is 2.67. The van der Waals surface area contributed by atoms with Gasteiger partial charge in [-0.2, -0.15) is 13.2 Å². The summed E-state index contributed by atoms with van der Waals surface area (Å²) in [5.41, 5.74) is 3.30. The van der Waals surface area contributed by atoms with E-state index >= 15 is 0 Å². The van der Waals surface area contributed by atoms with Crippen LogP contribution in [0.2, 0.25) is 5.02 Å². The number of hydrogen-bond acceptors (Lipinski definition) is 2. The molecule has 0 aliphatic heterocycles. The van der Waals surface area contributed by atoms with Crippen LogP contribution < -0.4 is 5.73 Å². The zero-order chi connectivity index (χ0) is 15.1. The number of aromatic nitrogens is 1. The van der Waals surface area contributed by atoms with Crippen LogP contribution in [0.5, 0.6) is 0 Å². The van der Waals surface area contributed by atoms with Crippen LogP contribution in [0.4, 0.5) is 27.6 Å². The van der Waals surface area contributed by atoms with Gasteiger partial charge in [0.25, 0.3) is 0 Å². The van der Waals surface area contributed by atoms with Gasteiger partial charge < -0.3 is 5.73 Å². The molecule has 0 atom stereocenters. The van der Waals surface area contributed by atoms with E-state index in [9.17, 15) is 22.0 Å². The van der Waals surface area contributed by atoms with Crippen molar-refractivity contribution in [3.63, 3.8) is 0 Å². The van der Waals surface area contributed by atoms with Gasteiger partial charge in [-0.05, 0) is 18.2 Å². The molecule has 0 aliphatic carbocycles. The molecule has 1 heterocycles. The lowest BCUT2D eigenvalue weighted by atomic mass is 10.1. The highest BCUT2D eigenvalue weighted by atomic mass is 35.5. The molecule has 0 saturated heterocycles. The zero-order valence-corrected chi connectivity index (χ0v) is 10.4. The Bertz CT molecular complexity index is 670. The molecule has 0 bridgehead atoms. The number of nitrogens with zero attached hydrogens (tertiary/aromatic N) is 1. The molecule has 0 amide bonds. The number of hydrogen-bond donors (Lipinski definition) is 1. The maximum Gasteiger partial charge on any atom is 0.419 e. The first-order valence-electron chi connectivity index (χ1n) is 5.18. The van der Waals surface area contributed by atoms with Crippen molar-refractivity contribution >= 4 is 17.3 Å². The highest BCUT2D eigenvalue weighted by Crippen LogP contribution is 2.35. The fourth-order valence-electron chi connectivity index (χ4n) is 1.56. The van der Waals surface area contributed by atoms with Gasteiger partial charge in [-0.15, -0.1) is 0 Å². The fourth-order valence-corrected chi connectivity index (χ4v) is 1.67. The number of alkyl halides is 3. The molecule has 1 aromatic carbocycles. The van der Waals surface area contributed by atoms with Crippen molar-refractivity contribution in [3.05, 3.63) is 46.6 Å². The van der Waals surface area contributed by atoms with Crippen molar-refractivity contribution in [1.82, 2.24) is 4.98 Å². The van der Waals surface area contributed by atoms with Crippen molar-refractivity contribution < 1.29 is 22.0 Å². The lowest BCUT2D eigenvalue weighted by Crippen LogP contribution is -2.09. The van der Waals surface area contributed by atoms with Gasteiger partial charge in [0.1, 0.15) is 11.6 Å². The molecule has 0 fully saturated rings. The first-order chi connectivity index (χ1) is 9.20. The van der Waals surface area contributed by atoms with E-state index in [1.165, 1.54) is 0 Å². The Kier molecular flexibility index (Phi) is 3.56. The second kappa shape index (κ2) is 4.90. The molecule has 20 heavy (non-hydrogen) atoms. The summed E-state index contributed by atoms with van der Waals surface area (Å²) >= 11 is 5.62. The molecule has 0 saturated carbocycles. The lowest BCUT2D eigenvalue weighted by Gasteiger charge is -2.11. The predicted octanol–water partition coefficient (Wildman–Crippen LogP) is 4.28. The second-order valence-corrected chi connectivity index (χ2v) is 4.31. The molecule has 0 radical (unpaired) electrons. The quantitative estimate of drug-likeness (QED) is 0.799. The van der Waals surface area contributed by atoms with E-state index in [2.05, 4.69) is 4.98 Å². The Hall–Kier alpha value is -1.89. The van der Waals surface area contributed by atoms with Crippen molar-refractivity contribution in [3.8, 4) is 11.3 Å². The SMILES string of the molecule is Nc1cc(-c2cc(F)c(C(F)(F)F)cc2F)ncc1Cl. The standard InChI is InChI=1S/C12H6ClF5N2/c13-7-4-20-11(3-10(7)19)5-1-9(15)6(2-8(5)14)12(16,17)18/h1-4H,(H2,19,20). The van der Waals surface area contributed by atoms with Crippen LogP contribution in [0.15, 0.2) is 24.4 Å². The van der Waals surface area contributed by atoms with Crippen LogP contribution in [0.25, 0.3) is 11.3 Å². The van der Waals surface area contributed by atoms with Gasteiger partial charge >= 0.3 is 6.18 Å². The highest BCUT2D eigenvalue weighted by Gasteiger charge is 2.35. The van der Waals surface area contributed by atoms with Gasteiger partial charge in [-0.1, -0.05) is 11.6 Å². The minimum Gasteiger partial charge on any atom is -0.397 e. The van der Waals surface area contributed by atoms with Gasteiger partial charge in [0.2, 0.25) is 0 Å². The Morgan fingerprint density at radius 1 is 1.05 bits per heavy atom. The van der Waals surface area contributed by atoms with E-state index in [0.29, 0.717) is 6.07 Å². The molecule has 1 aromatic heterocycles. The average Bonchev–Trinajstić information content (AvgIpc) is 2.34. The number of halogens is 6.